The summed E-state index contributed by atoms with van der Waals surface area (Å²) >= 11 is 3.12. The molecule has 1 fully saturated rings. The van der Waals surface area contributed by atoms with Crippen molar-refractivity contribution >= 4 is 15.9 Å². The highest BCUT2D eigenvalue weighted by Gasteiger charge is 2.36. The molecule has 1 saturated heterocycles. The summed E-state index contributed by atoms with van der Waals surface area (Å²) < 4.78 is 11.3. The van der Waals surface area contributed by atoms with E-state index in [1.165, 1.54) is 6.20 Å². The van der Waals surface area contributed by atoms with Crippen LogP contribution in [0.5, 0.6) is 0 Å². The lowest BCUT2D eigenvalue weighted by Crippen LogP contribution is -2.38. The summed E-state index contributed by atoms with van der Waals surface area (Å²) in [4.78, 5) is 18.5. The topological polar surface area (TPSA) is 64.2 Å². The Bertz CT molecular complexity index is 426. The van der Waals surface area contributed by atoms with E-state index in [9.17, 15) is 4.79 Å². The van der Waals surface area contributed by atoms with Crippen LogP contribution in [0.25, 0.3) is 0 Å². The van der Waals surface area contributed by atoms with E-state index in [1.807, 2.05) is 0 Å². The van der Waals surface area contributed by atoms with Gasteiger partial charge in [-0.25, -0.2) is 4.98 Å². The first-order valence-electron chi connectivity index (χ1n) is 5.06. The second kappa shape index (κ2) is 4.65. The quantitative estimate of drug-likeness (QED) is 0.888. The number of hydrogen-bond donors (Lipinski definition) is 1. The van der Waals surface area contributed by atoms with Gasteiger partial charge in [-0.3, -0.25) is 4.79 Å². The van der Waals surface area contributed by atoms with Crippen molar-refractivity contribution in [2.24, 2.45) is 0 Å². The van der Waals surface area contributed by atoms with Gasteiger partial charge in [-0.2, -0.15) is 0 Å². The van der Waals surface area contributed by atoms with Crippen molar-refractivity contribution in [3.8, 4) is 0 Å². The Balaban J connectivity index is 2.39. The van der Waals surface area contributed by atoms with Crippen molar-refractivity contribution in [1.29, 1.82) is 0 Å². The minimum atomic E-state index is -0.516. The number of aromatic amines is 1. The molecule has 0 spiro atoms. The van der Waals surface area contributed by atoms with Gasteiger partial charge in [0.1, 0.15) is 15.9 Å². The van der Waals surface area contributed by atoms with E-state index in [0.29, 0.717) is 36.4 Å². The van der Waals surface area contributed by atoms with Crippen LogP contribution in [0.4, 0.5) is 0 Å². The molecule has 1 N–H and O–H groups in total. The second-order valence-electron chi connectivity index (χ2n) is 3.72. The number of rotatable bonds is 2. The fraction of sp³-hybridized carbons (Fsp3) is 0.600. The van der Waals surface area contributed by atoms with Crippen molar-refractivity contribution in [1.82, 2.24) is 9.97 Å². The molecule has 1 aromatic rings. The molecule has 0 aromatic carbocycles. The number of H-pyrrole nitrogens is 1. The third kappa shape index (κ3) is 2.05. The summed E-state index contributed by atoms with van der Waals surface area (Å²) in [5.74, 6) is 0.575. The first kappa shape index (κ1) is 11.8. The molecule has 1 aromatic heterocycles. The number of hydrogen-bond acceptors (Lipinski definition) is 4. The van der Waals surface area contributed by atoms with Crippen molar-refractivity contribution in [3.05, 3.63) is 26.8 Å². The van der Waals surface area contributed by atoms with Gasteiger partial charge >= 0.3 is 0 Å². The normalized spacial score (nSPS) is 19.6. The lowest BCUT2D eigenvalue weighted by molar-refractivity contribution is -0.100. The Labute approximate surface area is 101 Å². The molecule has 1 aliphatic rings. The van der Waals surface area contributed by atoms with Crippen molar-refractivity contribution in [2.45, 2.75) is 18.4 Å². The molecule has 0 aliphatic carbocycles. The van der Waals surface area contributed by atoms with Crippen LogP contribution < -0.4 is 5.56 Å². The maximum absolute atomic E-state index is 11.5. The molecule has 16 heavy (non-hydrogen) atoms. The van der Waals surface area contributed by atoms with E-state index in [0.717, 1.165) is 0 Å². The molecule has 1 aliphatic heterocycles. The largest absolute Gasteiger partial charge is 0.381 e. The van der Waals surface area contributed by atoms with Crippen molar-refractivity contribution < 1.29 is 9.47 Å². The van der Waals surface area contributed by atoms with Gasteiger partial charge < -0.3 is 14.5 Å². The van der Waals surface area contributed by atoms with Crippen LogP contribution in [0.2, 0.25) is 0 Å². The second-order valence-corrected chi connectivity index (χ2v) is 4.57. The van der Waals surface area contributed by atoms with Crippen LogP contribution in [0.3, 0.4) is 0 Å². The zero-order valence-corrected chi connectivity index (χ0v) is 10.5. The number of ether oxygens (including phenoxy) is 2. The highest BCUT2D eigenvalue weighted by atomic mass is 79.9. The van der Waals surface area contributed by atoms with E-state index in [2.05, 4.69) is 25.9 Å². The number of aromatic nitrogens is 2. The van der Waals surface area contributed by atoms with E-state index in [-0.39, 0.29) is 5.56 Å². The molecule has 6 heteroatoms. The monoisotopic (exact) mass is 288 g/mol. The molecule has 2 rings (SSSR count). The number of nitrogens with one attached hydrogen (secondary N) is 1. The number of halogens is 1. The molecular formula is C10H13BrN2O3. The molecular weight excluding hydrogens is 276 g/mol. The highest BCUT2D eigenvalue weighted by molar-refractivity contribution is 9.10. The molecule has 88 valence electrons. The highest BCUT2D eigenvalue weighted by Crippen LogP contribution is 2.32. The fourth-order valence-corrected chi connectivity index (χ4v) is 2.05. The standard InChI is InChI=1S/C10H13BrN2O3/c1-15-10(2-4-16-5-3-10)9-12-6-7(11)8(14)13-9/h6H,2-5H2,1H3,(H,12,13,14). The predicted molar refractivity (Wildman–Crippen MR) is 61.3 cm³/mol. The molecule has 0 saturated carbocycles. The number of nitrogens with zero attached hydrogens (tertiary/aromatic N) is 1. The predicted octanol–water partition coefficient (Wildman–Crippen LogP) is 1.18. The van der Waals surface area contributed by atoms with Gasteiger partial charge in [0, 0.05) is 39.4 Å². The summed E-state index contributed by atoms with van der Waals surface area (Å²) in [6.45, 7) is 1.24. The van der Waals surface area contributed by atoms with Crippen LogP contribution in [-0.4, -0.2) is 30.3 Å². The Morgan fingerprint density at radius 1 is 1.56 bits per heavy atom. The third-order valence-electron chi connectivity index (χ3n) is 2.88. The van der Waals surface area contributed by atoms with Gasteiger partial charge in [-0.05, 0) is 15.9 Å². The molecule has 0 amide bonds. The molecule has 5 nitrogen and oxygen atoms in total. The average molecular weight is 289 g/mol. The summed E-state index contributed by atoms with van der Waals surface area (Å²) in [6, 6.07) is 0. The molecule has 0 bridgehead atoms. The Kier molecular flexibility index (Phi) is 3.41. The van der Waals surface area contributed by atoms with Gasteiger partial charge in [-0.15, -0.1) is 0 Å². The number of methoxy groups -OCH3 is 1. The zero-order chi connectivity index (χ0) is 11.6. The Hall–Kier alpha value is -0.720. The van der Waals surface area contributed by atoms with Gasteiger partial charge in [0.25, 0.3) is 5.56 Å². The van der Waals surface area contributed by atoms with Crippen LogP contribution in [-0.2, 0) is 15.1 Å². The van der Waals surface area contributed by atoms with Crippen LogP contribution in [0.1, 0.15) is 18.7 Å². The summed E-state index contributed by atoms with van der Waals surface area (Å²) in [5, 5.41) is 0. The van der Waals surface area contributed by atoms with E-state index in [4.69, 9.17) is 9.47 Å². The lowest BCUT2D eigenvalue weighted by Gasteiger charge is -2.34. The molecule has 0 unspecified atom stereocenters. The summed E-state index contributed by atoms with van der Waals surface area (Å²) in [5.41, 5.74) is -0.703. The zero-order valence-electron chi connectivity index (χ0n) is 8.96. The smallest absolute Gasteiger partial charge is 0.265 e. The average Bonchev–Trinajstić information content (AvgIpc) is 2.33. The van der Waals surface area contributed by atoms with Crippen LogP contribution in [0.15, 0.2) is 15.5 Å². The van der Waals surface area contributed by atoms with Crippen LogP contribution in [0, 0.1) is 0 Å². The van der Waals surface area contributed by atoms with E-state index in [1.54, 1.807) is 7.11 Å². The SMILES string of the molecule is COC1(c2ncc(Br)c(=O)[nH]2)CCOCC1. The van der Waals surface area contributed by atoms with Crippen molar-refractivity contribution in [3.63, 3.8) is 0 Å². The first-order chi connectivity index (χ1) is 7.68. The Morgan fingerprint density at radius 2 is 2.25 bits per heavy atom. The molecule has 0 radical (unpaired) electrons. The summed E-state index contributed by atoms with van der Waals surface area (Å²) in [7, 11) is 1.63. The first-order valence-corrected chi connectivity index (χ1v) is 5.85. The summed E-state index contributed by atoms with van der Waals surface area (Å²) in [6.07, 6.45) is 2.91. The minimum absolute atomic E-state index is 0.187. The van der Waals surface area contributed by atoms with Gasteiger partial charge in [0.15, 0.2) is 0 Å². The van der Waals surface area contributed by atoms with Gasteiger partial charge in [0.2, 0.25) is 0 Å². The maximum atomic E-state index is 11.5. The third-order valence-corrected chi connectivity index (χ3v) is 3.44. The van der Waals surface area contributed by atoms with Crippen molar-refractivity contribution in [2.75, 3.05) is 20.3 Å². The van der Waals surface area contributed by atoms with E-state index >= 15 is 0 Å². The lowest BCUT2D eigenvalue weighted by atomic mass is 9.93. The van der Waals surface area contributed by atoms with Crippen LogP contribution >= 0.6 is 15.9 Å². The Morgan fingerprint density at radius 3 is 2.81 bits per heavy atom. The van der Waals surface area contributed by atoms with Gasteiger partial charge in [0.05, 0.1) is 0 Å². The maximum Gasteiger partial charge on any atom is 0.265 e. The van der Waals surface area contributed by atoms with E-state index < -0.39 is 5.60 Å². The fourth-order valence-electron chi connectivity index (χ4n) is 1.85. The van der Waals surface area contributed by atoms with Gasteiger partial charge in [-0.1, -0.05) is 0 Å². The molecule has 2 heterocycles. The molecule has 0 atom stereocenters. The minimum Gasteiger partial charge on any atom is -0.381 e.